The Bertz CT molecular complexity index is 380. The molecule has 4 heteroatoms. The van der Waals surface area contributed by atoms with E-state index in [1.807, 2.05) is 26.1 Å². The molecular weight excluding hydrogens is 188 g/mol. The molecule has 0 atom stereocenters. The zero-order chi connectivity index (χ0) is 11.1. The van der Waals surface area contributed by atoms with Crippen molar-refractivity contribution in [2.24, 2.45) is 0 Å². The lowest BCUT2D eigenvalue weighted by molar-refractivity contribution is 0.785. The lowest BCUT2D eigenvalue weighted by Crippen LogP contribution is -2.00. The van der Waals surface area contributed by atoms with E-state index in [0.717, 1.165) is 12.1 Å². The van der Waals surface area contributed by atoms with Gasteiger partial charge in [0, 0.05) is 18.6 Å². The van der Waals surface area contributed by atoms with Gasteiger partial charge in [0.05, 0.1) is 5.69 Å². The van der Waals surface area contributed by atoms with Crippen molar-refractivity contribution in [3.8, 4) is 5.95 Å². The van der Waals surface area contributed by atoms with E-state index in [-0.39, 0.29) is 0 Å². The van der Waals surface area contributed by atoms with Gasteiger partial charge in [-0.1, -0.05) is 20.8 Å². The van der Waals surface area contributed by atoms with Gasteiger partial charge < -0.3 is 0 Å². The Morgan fingerprint density at radius 1 is 1.20 bits per heavy atom. The molecule has 0 bridgehead atoms. The van der Waals surface area contributed by atoms with Crippen LogP contribution in [0.1, 0.15) is 26.5 Å². The van der Waals surface area contributed by atoms with Gasteiger partial charge in [-0.3, -0.25) is 0 Å². The SMILES string of the molecule is CC.CCc1ccn(-c2ncccn2)n1. The molecule has 0 N–H and O–H groups in total. The average molecular weight is 204 g/mol. The number of aromatic nitrogens is 4. The monoisotopic (exact) mass is 204 g/mol. The van der Waals surface area contributed by atoms with Crippen LogP contribution in [0.4, 0.5) is 0 Å². The summed E-state index contributed by atoms with van der Waals surface area (Å²) in [5.41, 5.74) is 1.05. The molecule has 2 aromatic rings. The van der Waals surface area contributed by atoms with Crippen LogP contribution < -0.4 is 0 Å². The predicted octanol–water partition coefficient (Wildman–Crippen LogP) is 2.25. The van der Waals surface area contributed by atoms with Crippen LogP contribution in [-0.4, -0.2) is 19.7 Å². The number of aryl methyl sites for hydroxylation is 1. The topological polar surface area (TPSA) is 43.6 Å². The average Bonchev–Trinajstić information content (AvgIpc) is 2.81. The van der Waals surface area contributed by atoms with Crippen molar-refractivity contribution in [1.29, 1.82) is 0 Å². The fraction of sp³-hybridized carbons (Fsp3) is 0.364. The maximum absolute atomic E-state index is 4.29. The van der Waals surface area contributed by atoms with Crippen LogP contribution in [0.2, 0.25) is 0 Å². The number of hydrogen-bond acceptors (Lipinski definition) is 3. The summed E-state index contributed by atoms with van der Waals surface area (Å²) in [6.07, 6.45) is 6.21. The van der Waals surface area contributed by atoms with Crippen LogP contribution in [0.5, 0.6) is 0 Å². The summed E-state index contributed by atoms with van der Waals surface area (Å²) >= 11 is 0. The molecule has 80 valence electrons. The molecule has 0 radical (unpaired) electrons. The summed E-state index contributed by atoms with van der Waals surface area (Å²) in [5.74, 6) is 0.613. The molecule has 2 heterocycles. The summed E-state index contributed by atoms with van der Waals surface area (Å²) in [4.78, 5) is 8.17. The van der Waals surface area contributed by atoms with E-state index in [4.69, 9.17) is 0 Å². The second kappa shape index (κ2) is 5.90. The summed E-state index contributed by atoms with van der Waals surface area (Å²) < 4.78 is 1.68. The molecule has 0 fully saturated rings. The summed E-state index contributed by atoms with van der Waals surface area (Å²) in [5, 5.41) is 4.29. The second-order valence-electron chi connectivity index (χ2n) is 2.65. The summed E-state index contributed by atoms with van der Waals surface area (Å²) in [7, 11) is 0. The first-order chi connectivity index (χ1) is 7.40. The predicted molar refractivity (Wildman–Crippen MR) is 59.9 cm³/mol. The molecule has 0 unspecified atom stereocenters. The van der Waals surface area contributed by atoms with Gasteiger partial charge in [0.1, 0.15) is 0 Å². The van der Waals surface area contributed by atoms with Crippen LogP contribution in [0.25, 0.3) is 5.95 Å². The maximum Gasteiger partial charge on any atom is 0.250 e. The molecule has 0 aromatic carbocycles. The molecule has 0 saturated heterocycles. The molecule has 0 aliphatic heterocycles. The van der Waals surface area contributed by atoms with E-state index in [2.05, 4.69) is 22.0 Å². The highest BCUT2D eigenvalue weighted by atomic mass is 15.3. The highest BCUT2D eigenvalue weighted by molar-refractivity contribution is 5.11. The molecule has 4 nitrogen and oxygen atoms in total. The van der Waals surface area contributed by atoms with Gasteiger partial charge in [0.15, 0.2) is 0 Å². The first kappa shape index (κ1) is 11.4. The van der Waals surface area contributed by atoms with Crippen LogP contribution in [-0.2, 0) is 6.42 Å². The first-order valence-corrected chi connectivity index (χ1v) is 5.22. The van der Waals surface area contributed by atoms with E-state index >= 15 is 0 Å². The van der Waals surface area contributed by atoms with Gasteiger partial charge in [0.2, 0.25) is 5.95 Å². The third-order valence-electron chi connectivity index (χ3n) is 1.76. The maximum atomic E-state index is 4.29. The van der Waals surface area contributed by atoms with Crippen molar-refractivity contribution in [3.05, 3.63) is 36.4 Å². The molecule has 2 rings (SSSR count). The van der Waals surface area contributed by atoms with Crippen LogP contribution in [0.15, 0.2) is 30.7 Å². The zero-order valence-electron chi connectivity index (χ0n) is 9.38. The van der Waals surface area contributed by atoms with Gasteiger partial charge in [-0.2, -0.15) is 5.10 Å². The highest BCUT2D eigenvalue weighted by Gasteiger charge is 1.99. The highest BCUT2D eigenvalue weighted by Crippen LogP contribution is 2.00. The fourth-order valence-electron chi connectivity index (χ4n) is 1.07. The van der Waals surface area contributed by atoms with E-state index in [9.17, 15) is 0 Å². The van der Waals surface area contributed by atoms with Crippen LogP contribution in [0, 0.1) is 0 Å². The number of nitrogens with zero attached hydrogens (tertiary/aromatic N) is 4. The Morgan fingerprint density at radius 3 is 2.40 bits per heavy atom. The van der Waals surface area contributed by atoms with E-state index < -0.39 is 0 Å². The fourth-order valence-corrected chi connectivity index (χ4v) is 1.07. The quantitative estimate of drug-likeness (QED) is 0.753. The van der Waals surface area contributed by atoms with Gasteiger partial charge in [0.25, 0.3) is 0 Å². The van der Waals surface area contributed by atoms with Crippen molar-refractivity contribution < 1.29 is 0 Å². The Morgan fingerprint density at radius 2 is 1.87 bits per heavy atom. The molecule has 0 spiro atoms. The number of rotatable bonds is 2. The van der Waals surface area contributed by atoms with Gasteiger partial charge in [-0.15, -0.1) is 0 Å². The minimum atomic E-state index is 0.613. The van der Waals surface area contributed by atoms with Gasteiger partial charge in [-0.05, 0) is 18.6 Å². The van der Waals surface area contributed by atoms with Gasteiger partial charge >= 0.3 is 0 Å². The normalized spacial score (nSPS) is 9.27. The molecule has 0 amide bonds. The molecular formula is C11H16N4. The Balaban J connectivity index is 0.000000531. The molecule has 0 aliphatic carbocycles. The van der Waals surface area contributed by atoms with Crippen molar-refractivity contribution in [3.63, 3.8) is 0 Å². The Hall–Kier alpha value is -1.71. The number of hydrogen-bond donors (Lipinski definition) is 0. The van der Waals surface area contributed by atoms with Crippen molar-refractivity contribution in [2.75, 3.05) is 0 Å². The minimum Gasteiger partial charge on any atom is -0.220 e. The zero-order valence-corrected chi connectivity index (χ0v) is 9.38. The van der Waals surface area contributed by atoms with Crippen molar-refractivity contribution in [1.82, 2.24) is 19.7 Å². The second-order valence-corrected chi connectivity index (χ2v) is 2.65. The van der Waals surface area contributed by atoms with Crippen molar-refractivity contribution >= 4 is 0 Å². The first-order valence-electron chi connectivity index (χ1n) is 5.22. The third kappa shape index (κ3) is 2.87. The lowest BCUT2D eigenvalue weighted by Gasteiger charge is -1.96. The van der Waals surface area contributed by atoms with Crippen molar-refractivity contribution in [2.45, 2.75) is 27.2 Å². The van der Waals surface area contributed by atoms with Gasteiger partial charge in [-0.25, -0.2) is 14.6 Å². The van der Waals surface area contributed by atoms with Crippen LogP contribution >= 0.6 is 0 Å². The molecule has 0 aliphatic rings. The van der Waals surface area contributed by atoms with E-state index in [0.29, 0.717) is 5.95 Å². The Labute approximate surface area is 90.0 Å². The molecule has 0 saturated carbocycles. The summed E-state index contributed by atoms with van der Waals surface area (Å²) in [6.45, 7) is 6.07. The largest absolute Gasteiger partial charge is 0.250 e. The van der Waals surface area contributed by atoms with Crippen LogP contribution in [0.3, 0.4) is 0 Å². The Kier molecular flexibility index (Phi) is 4.47. The smallest absolute Gasteiger partial charge is 0.220 e. The molecule has 15 heavy (non-hydrogen) atoms. The summed E-state index contributed by atoms with van der Waals surface area (Å²) in [6, 6.07) is 3.75. The third-order valence-corrected chi connectivity index (χ3v) is 1.76. The van der Waals surface area contributed by atoms with E-state index in [1.165, 1.54) is 0 Å². The molecule has 2 aromatic heterocycles. The minimum absolute atomic E-state index is 0.613. The van der Waals surface area contributed by atoms with E-state index in [1.54, 1.807) is 23.1 Å². The standard InChI is InChI=1S/C9H10N4.C2H6/c1-2-8-4-7-13(12-8)9-10-5-3-6-11-9;1-2/h3-7H,2H2,1H3;1-2H3. The lowest BCUT2D eigenvalue weighted by atomic mass is 10.4.